The lowest BCUT2D eigenvalue weighted by atomic mass is 10.0. The maximum absolute atomic E-state index is 8.71. The van der Waals surface area contributed by atoms with Crippen LogP contribution in [0, 0.1) is 5.92 Å². The molecule has 74 valence electrons. The molecule has 12 heavy (non-hydrogen) atoms. The zero-order valence-corrected chi connectivity index (χ0v) is 7.19. The lowest BCUT2D eigenvalue weighted by molar-refractivity contribution is -0.0989. The molecule has 4 N–H and O–H groups in total. The Hall–Kier alpha value is -0.160. The van der Waals surface area contributed by atoms with Crippen LogP contribution in [0.1, 0.15) is 25.7 Å². The topological polar surface area (TPSA) is 80.9 Å². The summed E-state index contributed by atoms with van der Waals surface area (Å²) in [5.74, 6) is -0.441. The summed E-state index contributed by atoms with van der Waals surface area (Å²) in [6.45, 7) is -0.0255. The minimum atomic E-state index is -1.43. The summed E-state index contributed by atoms with van der Waals surface area (Å²) in [7, 11) is 0. The van der Waals surface area contributed by atoms with E-state index in [0.717, 1.165) is 19.3 Å². The van der Waals surface area contributed by atoms with Gasteiger partial charge in [0.1, 0.15) is 0 Å². The summed E-state index contributed by atoms with van der Waals surface area (Å²) in [6, 6.07) is 0. The Morgan fingerprint density at radius 2 is 1.58 bits per heavy atom. The first-order chi connectivity index (χ1) is 5.72. The maximum Gasteiger partial charge on any atom is 0.156 e. The van der Waals surface area contributed by atoms with Gasteiger partial charge in [-0.15, -0.1) is 0 Å². The number of rotatable bonds is 7. The molecule has 0 radical (unpaired) electrons. The smallest absolute Gasteiger partial charge is 0.156 e. The lowest BCUT2D eigenvalue weighted by Gasteiger charge is -2.15. The first kappa shape index (κ1) is 11.8. The second-order valence-electron chi connectivity index (χ2n) is 2.93. The molecule has 0 aromatic carbocycles. The van der Waals surface area contributed by atoms with Gasteiger partial charge in [0.25, 0.3) is 0 Å². The highest BCUT2D eigenvalue weighted by molar-refractivity contribution is 4.59. The van der Waals surface area contributed by atoms with Crippen molar-refractivity contribution in [2.45, 2.75) is 32.0 Å². The predicted molar refractivity (Wildman–Crippen MR) is 44.4 cm³/mol. The third-order valence-corrected chi connectivity index (χ3v) is 1.89. The number of hydrogen-bond acceptors (Lipinski definition) is 4. The fourth-order valence-corrected chi connectivity index (χ4v) is 1.03. The van der Waals surface area contributed by atoms with Gasteiger partial charge < -0.3 is 20.4 Å². The highest BCUT2D eigenvalue weighted by Gasteiger charge is 2.14. The van der Waals surface area contributed by atoms with Crippen molar-refractivity contribution in [3.63, 3.8) is 0 Å². The highest BCUT2D eigenvalue weighted by Crippen LogP contribution is 2.11. The molecule has 0 aliphatic heterocycles. The maximum atomic E-state index is 8.71. The third-order valence-electron chi connectivity index (χ3n) is 1.89. The summed E-state index contributed by atoms with van der Waals surface area (Å²) < 4.78 is 0. The van der Waals surface area contributed by atoms with Crippen molar-refractivity contribution in [3.8, 4) is 0 Å². The Morgan fingerprint density at radius 1 is 0.917 bits per heavy atom. The zero-order valence-electron chi connectivity index (χ0n) is 7.19. The van der Waals surface area contributed by atoms with E-state index >= 15 is 0 Å². The van der Waals surface area contributed by atoms with E-state index in [4.69, 9.17) is 20.4 Å². The van der Waals surface area contributed by atoms with E-state index in [1.807, 2.05) is 0 Å². The van der Waals surface area contributed by atoms with Gasteiger partial charge in [-0.2, -0.15) is 0 Å². The molecule has 0 aliphatic carbocycles. The van der Waals surface area contributed by atoms with E-state index in [0.29, 0.717) is 6.42 Å². The molecular formula is C8H18O4. The Bertz CT molecular complexity index is 95.1. The van der Waals surface area contributed by atoms with Crippen LogP contribution < -0.4 is 0 Å². The molecule has 0 saturated carbocycles. The molecule has 1 unspecified atom stereocenters. The van der Waals surface area contributed by atoms with E-state index in [1.54, 1.807) is 0 Å². The van der Waals surface area contributed by atoms with Crippen LogP contribution >= 0.6 is 0 Å². The van der Waals surface area contributed by atoms with Crippen molar-refractivity contribution < 1.29 is 20.4 Å². The van der Waals surface area contributed by atoms with Crippen LogP contribution in [0.2, 0.25) is 0 Å². The highest BCUT2D eigenvalue weighted by atomic mass is 16.5. The van der Waals surface area contributed by atoms with Gasteiger partial charge in [0, 0.05) is 12.5 Å². The second-order valence-corrected chi connectivity index (χ2v) is 2.93. The van der Waals surface area contributed by atoms with Gasteiger partial charge in [0.15, 0.2) is 6.29 Å². The minimum Gasteiger partial charge on any atom is -0.396 e. The summed E-state index contributed by atoms with van der Waals surface area (Å²) in [4.78, 5) is 0. The summed E-state index contributed by atoms with van der Waals surface area (Å²) in [6.07, 6.45) is 1.57. The quantitative estimate of drug-likeness (QED) is 0.312. The van der Waals surface area contributed by atoms with Crippen LogP contribution in [0.5, 0.6) is 0 Å². The second kappa shape index (κ2) is 7.49. The van der Waals surface area contributed by atoms with Crippen molar-refractivity contribution in [2.24, 2.45) is 5.92 Å². The number of aliphatic hydroxyl groups is 4. The molecule has 4 heteroatoms. The monoisotopic (exact) mass is 178 g/mol. The summed E-state index contributed by atoms with van der Waals surface area (Å²) >= 11 is 0. The number of hydrogen-bond donors (Lipinski definition) is 4. The van der Waals surface area contributed by atoms with E-state index in [2.05, 4.69) is 0 Å². The molecule has 0 bridgehead atoms. The summed E-state index contributed by atoms with van der Waals surface area (Å²) in [5, 5.41) is 34.6. The van der Waals surface area contributed by atoms with Crippen molar-refractivity contribution in [3.05, 3.63) is 0 Å². The zero-order chi connectivity index (χ0) is 9.40. The van der Waals surface area contributed by atoms with Gasteiger partial charge in [-0.3, -0.25) is 0 Å². The van der Waals surface area contributed by atoms with Gasteiger partial charge in [0.05, 0.1) is 6.61 Å². The Morgan fingerprint density at radius 3 is 2.00 bits per heavy atom. The van der Waals surface area contributed by atoms with Crippen LogP contribution in [0.15, 0.2) is 0 Å². The number of unbranched alkanes of at least 4 members (excludes halogenated alkanes) is 2. The SMILES string of the molecule is OCCCCCC(CO)C(O)O. The van der Waals surface area contributed by atoms with E-state index in [1.165, 1.54) is 0 Å². The molecular weight excluding hydrogens is 160 g/mol. The van der Waals surface area contributed by atoms with Crippen LogP contribution in [0.3, 0.4) is 0 Å². The molecule has 0 aromatic rings. The van der Waals surface area contributed by atoms with Gasteiger partial charge in [-0.1, -0.05) is 12.8 Å². The van der Waals surface area contributed by atoms with Gasteiger partial charge in [-0.05, 0) is 12.8 Å². The third kappa shape index (κ3) is 5.49. The standard InChI is InChI=1S/C8H18O4/c9-5-3-1-2-4-7(6-10)8(11)12/h7-12H,1-6H2. The van der Waals surface area contributed by atoms with Gasteiger partial charge >= 0.3 is 0 Å². The largest absolute Gasteiger partial charge is 0.396 e. The number of aliphatic hydroxyl groups excluding tert-OH is 3. The Labute approximate surface area is 72.5 Å². The molecule has 0 spiro atoms. The fraction of sp³-hybridized carbons (Fsp3) is 1.00. The summed E-state index contributed by atoms with van der Waals surface area (Å²) in [5.41, 5.74) is 0. The normalized spacial score (nSPS) is 13.8. The fourth-order valence-electron chi connectivity index (χ4n) is 1.03. The van der Waals surface area contributed by atoms with Crippen LogP contribution in [-0.2, 0) is 0 Å². The Balaban J connectivity index is 3.32. The van der Waals surface area contributed by atoms with Crippen molar-refractivity contribution in [1.82, 2.24) is 0 Å². The molecule has 0 fully saturated rings. The molecule has 1 atom stereocenters. The van der Waals surface area contributed by atoms with Crippen molar-refractivity contribution in [1.29, 1.82) is 0 Å². The minimum absolute atomic E-state index is 0.172. The van der Waals surface area contributed by atoms with E-state index < -0.39 is 12.2 Å². The predicted octanol–water partition coefficient (Wildman–Crippen LogP) is -0.542. The van der Waals surface area contributed by atoms with Crippen molar-refractivity contribution in [2.75, 3.05) is 13.2 Å². The Kier molecular flexibility index (Phi) is 7.39. The van der Waals surface area contributed by atoms with E-state index in [9.17, 15) is 0 Å². The first-order valence-electron chi connectivity index (χ1n) is 4.30. The average molecular weight is 178 g/mol. The molecule has 0 aliphatic rings. The molecule has 0 heterocycles. The molecule has 0 aromatic heterocycles. The van der Waals surface area contributed by atoms with Crippen LogP contribution in [-0.4, -0.2) is 39.9 Å². The lowest BCUT2D eigenvalue weighted by Crippen LogP contribution is -2.22. The van der Waals surface area contributed by atoms with Crippen molar-refractivity contribution >= 4 is 0 Å². The average Bonchev–Trinajstić information content (AvgIpc) is 2.04. The van der Waals surface area contributed by atoms with Gasteiger partial charge in [-0.25, -0.2) is 0 Å². The molecule has 0 amide bonds. The van der Waals surface area contributed by atoms with Crippen LogP contribution in [0.4, 0.5) is 0 Å². The molecule has 0 rings (SSSR count). The van der Waals surface area contributed by atoms with E-state index in [-0.39, 0.29) is 13.2 Å². The first-order valence-corrected chi connectivity index (χ1v) is 4.30. The van der Waals surface area contributed by atoms with Crippen LogP contribution in [0.25, 0.3) is 0 Å². The van der Waals surface area contributed by atoms with Gasteiger partial charge in [0.2, 0.25) is 0 Å². The molecule has 0 saturated heterocycles. The molecule has 4 nitrogen and oxygen atoms in total.